The van der Waals surface area contributed by atoms with Gasteiger partial charge in [0.15, 0.2) is 11.6 Å². The minimum atomic E-state index is -0.909. The normalized spacial score (nSPS) is 17.5. The molecular formula is C11H11F2NO2S. The highest BCUT2D eigenvalue weighted by Crippen LogP contribution is 2.39. The number of benzene rings is 1. The topological polar surface area (TPSA) is 49.3 Å². The highest BCUT2D eigenvalue weighted by atomic mass is 32.2. The molecule has 2 rings (SSSR count). The predicted molar refractivity (Wildman–Crippen MR) is 60.1 cm³/mol. The van der Waals surface area contributed by atoms with Gasteiger partial charge in [-0.2, -0.15) is 0 Å². The van der Waals surface area contributed by atoms with Crippen molar-refractivity contribution in [2.75, 3.05) is 13.1 Å². The van der Waals surface area contributed by atoms with Gasteiger partial charge in [0.25, 0.3) is 0 Å². The van der Waals surface area contributed by atoms with E-state index in [1.807, 2.05) is 0 Å². The Bertz CT molecular complexity index is 449. The fraction of sp³-hybridized carbons (Fsp3) is 0.364. The number of nitrogens with one attached hydrogen (secondary N) is 1. The first kappa shape index (κ1) is 12.3. The van der Waals surface area contributed by atoms with Crippen molar-refractivity contribution in [3.63, 3.8) is 0 Å². The minimum absolute atomic E-state index is 0.00363. The second-order valence-corrected chi connectivity index (χ2v) is 5.58. The van der Waals surface area contributed by atoms with E-state index in [0.717, 1.165) is 12.1 Å². The maximum Gasteiger partial charge on any atom is 0.304 e. The molecule has 17 heavy (non-hydrogen) atoms. The van der Waals surface area contributed by atoms with Gasteiger partial charge in [-0.25, -0.2) is 8.78 Å². The third-order valence-corrected chi connectivity index (χ3v) is 3.95. The predicted octanol–water partition coefficient (Wildman–Crippen LogP) is 1.87. The summed E-state index contributed by atoms with van der Waals surface area (Å²) in [5.74, 6) is -2.69. The number of carbonyl (C=O) groups is 1. The average Bonchev–Trinajstić information content (AvgIpc) is 2.19. The molecule has 0 amide bonds. The van der Waals surface area contributed by atoms with Crippen LogP contribution in [-0.2, 0) is 4.79 Å². The Labute approximate surface area is 101 Å². The van der Waals surface area contributed by atoms with Gasteiger partial charge in [0.1, 0.15) is 0 Å². The van der Waals surface area contributed by atoms with Crippen LogP contribution in [0.4, 0.5) is 8.78 Å². The number of carboxylic acid groups (broad SMARTS) is 1. The first-order valence-corrected chi connectivity index (χ1v) is 5.89. The molecule has 92 valence electrons. The molecule has 1 saturated heterocycles. The molecular weight excluding hydrogens is 248 g/mol. The Morgan fingerprint density at radius 3 is 2.59 bits per heavy atom. The van der Waals surface area contributed by atoms with Gasteiger partial charge < -0.3 is 10.4 Å². The SMILES string of the molecule is O=C(O)CC1(Sc2ccc(F)c(F)c2)CNC1. The summed E-state index contributed by atoms with van der Waals surface area (Å²) in [6.07, 6.45) is 0.00363. The third-order valence-electron chi connectivity index (χ3n) is 2.59. The third kappa shape index (κ3) is 2.76. The second kappa shape index (κ2) is 4.62. The lowest BCUT2D eigenvalue weighted by Gasteiger charge is -2.40. The zero-order valence-corrected chi connectivity index (χ0v) is 9.69. The Hall–Kier alpha value is -1.14. The molecule has 0 radical (unpaired) electrons. The number of carboxylic acids is 1. The second-order valence-electron chi connectivity index (χ2n) is 4.04. The van der Waals surface area contributed by atoms with Gasteiger partial charge in [0.2, 0.25) is 0 Å². The van der Waals surface area contributed by atoms with Crippen LogP contribution in [0.1, 0.15) is 6.42 Å². The summed E-state index contributed by atoms with van der Waals surface area (Å²) >= 11 is 1.28. The number of rotatable bonds is 4. The van der Waals surface area contributed by atoms with Gasteiger partial charge in [0.05, 0.1) is 11.2 Å². The number of halogens is 2. The first-order chi connectivity index (χ1) is 8.01. The van der Waals surface area contributed by atoms with Gasteiger partial charge in [-0.3, -0.25) is 4.79 Å². The monoisotopic (exact) mass is 259 g/mol. The Kier molecular flexibility index (Phi) is 3.35. The van der Waals surface area contributed by atoms with E-state index in [2.05, 4.69) is 5.32 Å². The molecule has 0 unspecified atom stereocenters. The molecule has 2 N–H and O–H groups in total. The molecule has 1 aliphatic rings. The van der Waals surface area contributed by atoms with Crippen molar-refractivity contribution in [2.45, 2.75) is 16.1 Å². The van der Waals surface area contributed by atoms with Crippen LogP contribution in [0.3, 0.4) is 0 Å². The van der Waals surface area contributed by atoms with Gasteiger partial charge >= 0.3 is 5.97 Å². The summed E-state index contributed by atoms with van der Waals surface area (Å²) in [5.41, 5.74) is 0. The fourth-order valence-corrected chi connectivity index (χ4v) is 3.05. The standard InChI is InChI=1S/C11H11F2NO2S/c12-8-2-1-7(3-9(8)13)17-11(4-10(15)16)5-14-6-11/h1-3,14H,4-6H2,(H,15,16). The lowest BCUT2D eigenvalue weighted by Crippen LogP contribution is -2.57. The highest BCUT2D eigenvalue weighted by Gasteiger charge is 2.40. The van der Waals surface area contributed by atoms with Crippen LogP contribution in [0.25, 0.3) is 0 Å². The molecule has 6 heteroatoms. The number of hydrogen-bond acceptors (Lipinski definition) is 3. The van der Waals surface area contributed by atoms with Crippen molar-refractivity contribution >= 4 is 17.7 Å². The van der Waals surface area contributed by atoms with Gasteiger partial charge in [-0.05, 0) is 18.2 Å². The van der Waals surface area contributed by atoms with Crippen molar-refractivity contribution in [3.05, 3.63) is 29.8 Å². The lowest BCUT2D eigenvalue weighted by atomic mass is 9.98. The molecule has 0 atom stereocenters. The van der Waals surface area contributed by atoms with E-state index < -0.39 is 22.4 Å². The van der Waals surface area contributed by atoms with E-state index in [9.17, 15) is 13.6 Å². The summed E-state index contributed by atoms with van der Waals surface area (Å²) in [5, 5.41) is 11.8. The van der Waals surface area contributed by atoms with Gasteiger partial charge in [-0.15, -0.1) is 11.8 Å². The van der Waals surface area contributed by atoms with Crippen LogP contribution in [0.2, 0.25) is 0 Å². The molecule has 1 aromatic rings. The van der Waals surface area contributed by atoms with Crippen molar-refractivity contribution in [3.8, 4) is 0 Å². The summed E-state index contributed by atoms with van der Waals surface area (Å²) in [6, 6.07) is 3.62. The largest absolute Gasteiger partial charge is 0.481 e. The van der Waals surface area contributed by atoms with E-state index in [4.69, 9.17) is 5.11 Å². The van der Waals surface area contributed by atoms with Crippen molar-refractivity contribution in [2.24, 2.45) is 0 Å². The number of hydrogen-bond donors (Lipinski definition) is 2. The quantitative estimate of drug-likeness (QED) is 0.866. The zero-order valence-electron chi connectivity index (χ0n) is 8.87. The van der Waals surface area contributed by atoms with Crippen LogP contribution in [0, 0.1) is 11.6 Å². The van der Waals surface area contributed by atoms with Crippen LogP contribution in [-0.4, -0.2) is 28.9 Å². The van der Waals surface area contributed by atoms with Crippen LogP contribution in [0.15, 0.2) is 23.1 Å². The summed E-state index contributed by atoms with van der Waals surface area (Å²) in [4.78, 5) is 11.3. The molecule has 0 aliphatic carbocycles. The summed E-state index contributed by atoms with van der Waals surface area (Å²) in [6.45, 7) is 1.12. The molecule has 1 aliphatic heterocycles. The van der Waals surface area contributed by atoms with E-state index in [0.29, 0.717) is 18.0 Å². The van der Waals surface area contributed by atoms with Crippen LogP contribution >= 0.6 is 11.8 Å². The summed E-state index contributed by atoms with van der Waals surface area (Å²) < 4.78 is 25.3. The molecule has 0 aromatic heterocycles. The van der Waals surface area contributed by atoms with E-state index in [-0.39, 0.29) is 6.42 Å². The molecule has 0 saturated carbocycles. The van der Waals surface area contributed by atoms with Crippen molar-refractivity contribution < 1.29 is 18.7 Å². The van der Waals surface area contributed by atoms with Gasteiger partial charge in [-0.1, -0.05) is 0 Å². The van der Waals surface area contributed by atoms with E-state index in [1.54, 1.807) is 0 Å². The highest BCUT2D eigenvalue weighted by molar-refractivity contribution is 8.00. The maximum absolute atomic E-state index is 13.0. The molecule has 0 spiro atoms. The van der Waals surface area contributed by atoms with E-state index in [1.165, 1.54) is 17.8 Å². The first-order valence-electron chi connectivity index (χ1n) is 5.07. The smallest absolute Gasteiger partial charge is 0.304 e. The Morgan fingerprint density at radius 2 is 2.12 bits per heavy atom. The van der Waals surface area contributed by atoms with Crippen LogP contribution < -0.4 is 5.32 Å². The molecule has 1 heterocycles. The molecule has 1 aromatic carbocycles. The summed E-state index contributed by atoms with van der Waals surface area (Å²) in [7, 11) is 0. The fourth-order valence-electron chi connectivity index (χ4n) is 1.70. The maximum atomic E-state index is 13.0. The van der Waals surface area contributed by atoms with E-state index >= 15 is 0 Å². The molecule has 3 nitrogen and oxygen atoms in total. The number of thioether (sulfide) groups is 1. The average molecular weight is 259 g/mol. The van der Waals surface area contributed by atoms with Crippen molar-refractivity contribution in [1.82, 2.24) is 5.32 Å². The minimum Gasteiger partial charge on any atom is -0.481 e. The lowest BCUT2D eigenvalue weighted by molar-refractivity contribution is -0.138. The van der Waals surface area contributed by atoms with Crippen molar-refractivity contribution in [1.29, 1.82) is 0 Å². The van der Waals surface area contributed by atoms with Crippen LogP contribution in [0.5, 0.6) is 0 Å². The van der Waals surface area contributed by atoms with Gasteiger partial charge in [0, 0.05) is 18.0 Å². The zero-order chi connectivity index (χ0) is 12.5. The Balaban J connectivity index is 2.13. The molecule has 0 bridgehead atoms. The number of aliphatic carboxylic acids is 1. The molecule has 1 fully saturated rings. The Morgan fingerprint density at radius 1 is 1.41 bits per heavy atom.